The Morgan fingerprint density at radius 2 is 1.91 bits per heavy atom. The predicted molar refractivity (Wildman–Crippen MR) is 82.2 cm³/mol. The van der Waals surface area contributed by atoms with Crippen molar-refractivity contribution in [3.05, 3.63) is 46.5 Å². The van der Waals surface area contributed by atoms with Crippen LogP contribution in [-0.4, -0.2) is 35.5 Å². The van der Waals surface area contributed by atoms with Gasteiger partial charge in [-0.15, -0.1) is 0 Å². The van der Waals surface area contributed by atoms with Gasteiger partial charge in [0.25, 0.3) is 15.7 Å². The molecule has 122 valence electrons. The number of nitro groups is 1. The number of para-hydroxylation sites is 1. The summed E-state index contributed by atoms with van der Waals surface area (Å²) in [6.45, 7) is 3.40. The number of rotatable bonds is 3. The fourth-order valence-electron chi connectivity index (χ4n) is 3.21. The van der Waals surface area contributed by atoms with Gasteiger partial charge in [0.15, 0.2) is 4.90 Å². The van der Waals surface area contributed by atoms with Crippen LogP contribution >= 0.6 is 0 Å². The second-order valence-electron chi connectivity index (χ2n) is 6.31. The Kier molecular flexibility index (Phi) is 3.42. The maximum atomic E-state index is 13.0. The number of Topliss-reactive ketones (excluding diaryl/α,β-unsaturated/α-hetero) is 1. The van der Waals surface area contributed by atoms with Gasteiger partial charge >= 0.3 is 0 Å². The summed E-state index contributed by atoms with van der Waals surface area (Å²) in [5.41, 5.74) is -1.32. The fourth-order valence-corrected chi connectivity index (χ4v) is 5.23. The Bertz CT molecular complexity index is 828. The molecule has 0 saturated carbocycles. The van der Waals surface area contributed by atoms with Crippen molar-refractivity contribution >= 4 is 21.5 Å². The third kappa shape index (κ3) is 2.21. The van der Waals surface area contributed by atoms with E-state index in [1.807, 2.05) is 0 Å². The van der Waals surface area contributed by atoms with Crippen molar-refractivity contribution < 1.29 is 18.1 Å². The van der Waals surface area contributed by atoms with Crippen molar-refractivity contribution in [2.24, 2.45) is 5.41 Å². The zero-order valence-corrected chi connectivity index (χ0v) is 13.5. The highest BCUT2D eigenvalue weighted by molar-refractivity contribution is 7.89. The highest BCUT2D eigenvalue weighted by Crippen LogP contribution is 2.44. The molecule has 3 rings (SSSR count). The molecule has 2 aliphatic rings. The molecule has 0 aromatic heterocycles. The Morgan fingerprint density at radius 3 is 2.57 bits per heavy atom. The summed E-state index contributed by atoms with van der Waals surface area (Å²) in [6, 6.07) is 4.07. The van der Waals surface area contributed by atoms with Crippen molar-refractivity contribution in [1.82, 2.24) is 4.31 Å². The fraction of sp³-hybridized carbons (Fsp3) is 0.400. The summed E-state index contributed by atoms with van der Waals surface area (Å²) in [4.78, 5) is 22.3. The third-order valence-corrected chi connectivity index (χ3v) is 6.54. The van der Waals surface area contributed by atoms with Gasteiger partial charge in [-0.3, -0.25) is 14.9 Å². The van der Waals surface area contributed by atoms with Crippen LogP contribution in [-0.2, 0) is 14.8 Å². The first-order chi connectivity index (χ1) is 10.7. The molecule has 1 aromatic carbocycles. The second-order valence-corrected chi connectivity index (χ2v) is 8.12. The van der Waals surface area contributed by atoms with Crippen LogP contribution < -0.4 is 0 Å². The zero-order chi connectivity index (χ0) is 17.0. The van der Waals surface area contributed by atoms with Gasteiger partial charge in [-0.2, -0.15) is 4.31 Å². The van der Waals surface area contributed by atoms with Crippen LogP contribution in [0.5, 0.6) is 0 Å². The average molecular weight is 336 g/mol. The van der Waals surface area contributed by atoms with Gasteiger partial charge in [-0.05, 0) is 6.07 Å². The molecule has 8 heteroatoms. The van der Waals surface area contributed by atoms with Crippen molar-refractivity contribution in [3.8, 4) is 0 Å². The molecule has 1 aromatic rings. The number of benzene rings is 1. The predicted octanol–water partition coefficient (Wildman–Crippen LogP) is 1.89. The molecular weight excluding hydrogens is 320 g/mol. The summed E-state index contributed by atoms with van der Waals surface area (Å²) >= 11 is 0. The molecule has 23 heavy (non-hydrogen) atoms. The molecular formula is C15H16N2O5S. The summed E-state index contributed by atoms with van der Waals surface area (Å²) in [5.74, 6) is -0.00786. The van der Waals surface area contributed by atoms with E-state index in [2.05, 4.69) is 0 Å². The molecule has 2 aliphatic heterocycles. The molecule has 0 aliphatic carbocycles. The summed E-state index contributed by atoms with van der Waals surface area (Å²) in [6.07, 6.45) is 3.49. The third-order valence-electron chi connectivity index (χ3n) is 4.59. The number of ketones is 1. The highest BCUT2D eigenvalue weighted by atomic mass is 32.2. The van der Waals surface area contributed by atoms with Crippen LogP contribution in [0, 0.1) is 15.5 Å². The van der Waals surface area contributed by atoms with Crippen LogP contribution in [0.3, 0.4) is 0 Å². The van der Waals surface area contributed by atoms with Crippen LogP contribution in [0.15, 0.2) is 41.3 Å². The standard InChI is InChI=1S/C15H16N2O5S/c1-15(2)13-8-7-10(9-14(15)18)16(13)23(21,22)12-6-4-3-5-11(12)17(19)20/h3-8,10,13H,9H2,1-2H3. The molecule has 0 N–H and O–H groups in total. The van der Waals surface area contributed by atoms with E-state index >= 15 is 0 Å². The van der Waals surface area contributed by atoms with E-state index in [0.29, 0.717) is 0 Å². The molecule has 0 amide bonds. The number of hydrogen-bond acceptors (Lipinski definition) is 5. The average Bonchev–Trinajstić information content (AvgIpc) is 2.87. The smallest absolute Gasteiger partial charge is 0.289 e. The van der Waals surface area contributed by atoms with E-state index in [1.54, 1.807) is 26.0 Å². The number of hydrogen-bond donors (Lipinski definition) is 0. The summed E-state index contributed by atoms with van der Waals surface area (Å²) in [5, 5.41) is 11.2. The first-order valence-corrected chi connectivity index (χ1v) is 8.60. The minimum Gasteiger partial charge on any atom is -0.299 e. The molecule has 2 atom stereocenters. The highest BCUT2D eigenvalue weighted by Gasteiger charge is 2.54. The normalized spacial score (nSPS) is 26.4. The van der Waals surface area contributed by atoms with E-state index < -0.39 is 38.1 Å². The zero-order valence-electron chi connectivity index (χ0n) is 12.7. The largest absolute Gasteiger partial charge is 0.299 e. The lowest BCUT2D eigenvalue weighted by molar-refractivity contribution is -0.387. The van der Waals surface area contributed by atoms with E-state index in [-0.39, 0.29) is 17.1 Å². The molecule has 1 saturated heterocycles. The van der Waals surface area contributed by atoms with Gasteiger partial charge < -0.3 is 0 Å². The number of fused-ring (bicyclic) bond motifs is 2. The molecule has 2 unspecified atom stereocenters. The van der Waals surface area contributed by atoms with Gasteiger partial charge in [0, 0.05) is 17.9 Å². The minimum atomic E-state index is -4.09. The molecule has 1 fully saturated rings. The van der Waals surface area contributed by atoms with Crippen molar-refractivity contribution in [3.63, 3.8) is 0 Å². The summed E-state index contributed by atoms with van der Waals surface area (Å²) in [7, 11) is -4.09. The lowest BCUT2D eigenvalue weighted by Gasteiger charge is -2.42. The molecule has 2 bridgehead atoms. The number of nitro benzene ring substituents is 1. The van der Waals surface area contributed by atoms with Gasteiger partial charge in [0.05, 0.1) is 17.0 Å². The topological polar surface area (TPSA) is 97.6 Å². The minimum absolute atomic E-state index is 0.00786. The maximum absolute atomic E-state index is 13.0. The molecule has 0 spiro atoms. The molecule has 0 radical (unpaired) electrons. The number of carbonyl (C=O) groups is 1. The van der Waals surface area contributed by atoms with E-state index in [1.165, 1.54) is 28.6 Å². The van der Waals surface area contributed by atoms with E-state index in [0.717, 1.165) is 0 Å². The van der Waals surface area contributed by atoms with Gasteiger partial charge in [-0.1, -0.05) is 38.1 Å². The van der Waals surface area contributed by atoms with Crippen molar-refractivity contribution in [2.75, 3.05) is 0 Å². The lowest BCUT2D eigenvalue weighted by atomic mass is 9.77. The van der Waals surface area contributed by atoms with Gasteiger partial charge in [0.1, 0.15) is 5.78 Å². The second kappa shape index (κ2) is 4.97. The molecule has 7 nitrogen and oxygen atoms in total. The van der Waals surface area contributed by atoms with Crippen LogP contribution in [0.4, 0.5) is 5.69 Å². The van der Waals surface area contributed by atoms with Crippen LogP contribution in [0.1, 0.15) is 20.3 Å². The lowest BCUT2D eigenvalue weighted by Crippen LogP contribution is -2.56. The van der Waals surface area contributed by atoms with Gasteiger partial charge in [0.2, 0.25) is 0 Å². The maximum Gasteiger partial charge on any atom is 0.289 e. The number of carbonyl (C=O) groups excluding carboxylic acids is 1. The van der Waals surface area contributed by atoms with Crippen LogP contribution in [0.25, 0.3) is 0 Å². The Labute approximate surface area is 133 Å². The SMILES string of the molecule is CC1(C)C(=O)CC2C=CC1N2S(=O)(=O)c1ccccc1[N+](=O)[O-]. The first kappa shape index (κ1) is 15.8. The molecule has 2 heterocycles. The van der Waals surface area contributed by atoms with E-state index in [9.17, 15) is 23.3 Å². The number of piperidine rings is 1. The Hall–Kier alpha value is -2.06. The number of sulfonamides is 1. The number of nitrogens with zero attached hydrogens (tertiary/aromatic N) is 2. The van der Waals surface area contributed by atoms with Crippen molar-refractivity contribution in [1.29, 1.82) is 0 Å². The Morgan fingerprint density at radius 1 is 1.26 bits per heavy atom. The van der Waals surface area contributed by atoms with Crippen molar-refractivity contribution in [2.45, 2.75) is 37.2 Å². The first-order valence-electron chi connectivity index (χ1n) is 7.16. The monoisotopic (exact) mass is 336 g/mol. The Balaban J connectivity index is 2.13. The van der Waals surface area contributed by atoms with Crippen LogP contribution in [0.2, 0.25) is 0 Å². The summed E-state index contributed by atoms with van der Waals surface area (Å²) < 4.78 is 27.3. The quantitative estimate of drug-likeness (QED) is 0.477. The van der Waals surface area contributed by atoms with Gasteiger partial charge in [-0.25, -0.2) is 8.42 Å². The van der Waals surface area contributed by atoms with E-state index in [4.69, 9.17) is 0 Å².